The minimum absolute atomic E-state index is 0.0960. The van der Waals surface area contributed by atoms with Gasteiger partial charge in [-0.15, -0.1) is 0 Å². The molecule has 1 aromatic carbocycles. The number of anilines is 2. The first-order valence-corrected chi connectivity index (χ1v) is 7.39. The standard InChI is InChI=1S/C15H21N3O3/c19-15(14-11-16-5-8-21-14)17-12-1-3-13(4-2-12)18-6-9-20-10-7-18/h1-4,14,16H,5-11H2,(H,17,19). The van der Waals surface area contributed by atoms with Crippen LogP contribution in [0.3, 0.4) is 0 Å². The minimum Gasteiger partial charge on any atom is -0.378 e. The molecule has 0 aliphatic carbocycles. The molecule has 0 aromatic heterocycles. The molecule has 6 heteroatoms. The van der Waals surface area contributed by atoms with Crippen LogP contribution in [0.1, 0.15) is 0 Å². The van der Waals surface area contributed by atoms with Gasteiger partial charge in [0.1, 0.15) is 6.10 Å². The van der Waals surface area contributed by atoms with E-state index in [-0.39, 0.29) is 5.91 Å². The van der Waals surface area contributed by atoms with Crippen LogP contribution in [0.2, 0.25) is 0 Å². The number of carbonyl (C=O) groups excluding carboxylic acids is 1. The minimum atomic E-state index is -0.405. The van der Waals surface area contributed by atoms with Gasteiger partial charge in [0.15, 0.2) is 0 Å². The van der Waals surface area contributed by atoms with E-state index in [1.54, 1.807) is 0 Å². The third-order valence-corrected chi connectivity index (χ3v) is 3.73. The van der Waals surface area contributed by atoms with Crippen LogP contribution in [0, 0.1) is 0 Å². The molecule has 6 nitrogen and oxygen atoms in total. The molecule has 2 heterocycles. The van der Waals surface area contributed by atoms with Crippen LogP contribution < -0.4 is 15.5 Å². The van der Waals surface area contributed by atoms with Crippen LogP contribution in [0.4, 0.5) is 11.4 Å². The van der Waals surface area contributed by atoms with Crippen LogP contribution in [0.25, 0.3) is 0 Å². The number of benzene rings is 1. The number of amides is 1. The third-order valence-electron chi connectivity index (χ3n) is 3.73. The van der Waals surface area contributed by atoms with E-state index in [0.29, 0.717) is 13.2 Å². The van der Waals surface area contributed by atoms with Crippen LogP contribution in [0.15, 0.2) is 24.3 Å². The van der Waals surface area contributed by atoms with E-state index < -0.39 is 6.10 Å². The lowest BCUT2D eigenvalue weighted by Crippen LogP contribution is -2.45. The highest BCUT2D eigenvalue weighted by molar-refractivity contribution is 5.94. The number of nitrogens with one attached hydrogen (secondary N) is 2. The molecule has 1 unspecified atom stereocenters. The number of rotatable bonds is 3. The zero-order chi connectivity index (χ0) is 14.5. The Labute approximate surface area is 124 Å². The van der Waals surface area contributed by atoms with Gasteiger partial charge in [-0.3, -0.25) is 4.79 Å². The van der Waals surface area contributed by atoms with Gasteiger partial charge in [-0.1, -0.05) is 0 Å². The maximum atomic E-state index is 12.1. The van der Waals surface area contributed by atoms with Crippen molar-refractivity contribution in [2.45, 2.75) is 6.10 Å². The second kappa shape index (κ2) is 6.89. The van der Waals surface area contributed by atoms with Gasteiger partial charge in [-0.25, -0.2) is 0 Å². The smallest absolute Gasteiger partial charge is 0.254 e. The second-order valence-electron chi connectivity index (χ2n) is 5.20. The van der Waals surface area contributed by atoms with E-state index in [1.165, 1.54) is 0 Å². The highest BCUT2D eigenvalue weighted by atomic mass is 16.5. The van der Waals surface area contributed by atoms with Crippen LogP contribution in [-0.4, -0.2) is 58.0 Å². The van der Waals surface area contributed by atoms with E-state index >= 15 is 0 Å². The quantitative estimate of drug-likeness (QED) is 0.846. The van der Waals surface area contributed by atoms with Crippen molar-refractivity contribution in [3.63, 3.8) is 0 Å². The zero-order valence-corrected chi connectivity index (χ0v) is 12.0. The highest BCUT2D eigenvalue weighted by Gasteiger charge is 2.21. The summed E-state index contributed by atoms with van der Waals surface area (Å²) in [4.78, 5) is 14.3. The van der Waals surface area contributed by atoms with Crippen molar-refractivity contribution in [3.05, 3.63) is 24.3 Å². The van der Waals surface area contributed by atoms with Crippen molar-refractivity contribution in [2.75, 3.05) is 56.2 Å². The van der Waals surface area contributed by atoms with Gasteiger partial charge in [0.25, 0.3) is 5.91 Å². The molecule has 2 aliphatic heterocycles. The molecular formula is C15H21N3O3. The number of hydrogen-bond donors (Lipinski definition) is 2. The number of carbonyl (C=O) groups is 1. The highest BCUT2D eigenvalue weighted by Crippen LogP contribution is 2.19. The largest absolute Gasteiger partial charge is 0.378 e. The molecule has 2 N–H and O–H groups in total. The first-order valence-electron chi connectivity index (χ1n) is 7.39. The summed E-state index contributed by atoms with van der Waals surface area (Å²) in [6.45, 7) is 5.30. The number of ether oxygens (including phenoxy) is 2. The van der Waals surface area contributed by atoms with Crippen molar-refractivity contribution in [1.82, 2.24) is 5.32 Å². The van der Waals surface area contributed by atoms with Crippen molar-refractivity contribution in [1.29, 1.82) is 0 Å². The molecular weight excluding hydrogens is 270 g/mol. The molecule has 0 spiro atoms. The fourth-order valence-corrected chi connectivity index (χ4v) is 2.53. The Hall–Kier alpha value is -1.63. The molecule has 2 fully saturated rings. The predicted molar refractivity (Wildman–Crippen MR) is 80.7 cm³/mol. The maximum Gasteiger partial charge on any atom is 0.254 e. The summed E-state index contributed by atoms with van der Waals surface area (Å²) >= 11 is 0. The van der Waals surface area contributed by atoms with E-state index in [0.717, 1.165) is 44.2 Å². The Morgan fingerprint density at radius 1 is 1.19 bits per heavy atom. The Morgan fingerprint density at radius 3 is 2.62 bits per heavy atom. The number of morpholine rings is 2. The lowest BCUT2D eigenvalue weighted by atomic mass is 10.2. The van der Waals surface area contributed by atoms with Crippen LogP contribution in [-0.2, 0) is 14.3 Å². The van der Waals surface area contributed by atoms with Crippen molar-refractivity contribution >= 4 is 17.3 Å². The lowest BCUT2D eigenvalue weighted by Gasteiger charge is -2.29. The van der Waals surface area contributed by atoms with E-state index in [4.69, 9.17) is 9.47 Å². The average molecular weight is 291 g/mol. The van der Waals surface area contributed by atoms with Gasteiger partial charge >= 0.3 is 0 Å². The molecule has 114 valence electrons. The predicted octanol–water partition coefficient (Wildman–Crippen LogP) is 0.450. The zero-order valence-electron chi connectivity index (χ0n) is 12.0. The molecule has 1 amide bonds. The molecule has 0 radical (unpaired) electrons. The fraction of sp³-hybridized carbons (Fsp3) is 0.533. The normalized spacial score (nSPS) is 22.9. The molecule has 1 atom stereocenters. The Bertz CT molecular complexity index is 466. The summed E-state index contributed by atoms with van der Waals surface area (Å²) in [6, 6.07) is 7.92. The topological polar surface area (TPSA) is 62.8 Å². The van der Waals surface area contributed by atoms with Crippen molar-refractivity contribution in [3.8, 4) is 0 Å². The molecule has 2 saturated heterocycles. The summed E-state index contributed by atoms with van der Waals surface area (Å²) in [5.41, 5.74) is 1.96. The maximum absolute atomic E-state index is 12.1. The first-order chi connectivity index (χ1) is 10.3. The summed E-state index contributed by atoms with van der Waals surface area (Å²) in [7, 11) is 0. The summed E-state index contributed by atoms with van der Waals surface area (Å²) in [5.74, 6) is -0.0960. The third kappa shape index (κ3) is 3.72. The van der Waals surface area contributed by atoms with Gasteiger partial charge in [-0.2, -0.15) is 0 Å². The Kier molecular flexibility index (Phi) is 4.69. The van der Waals surface area contributed by atoms with Crippen LogP contribution >= 0.6 is 0 Å². The van der Waals surface area contributed by atoms with Gasteiger partial charge in [0.2, 0.25) is 0 Å². The molecule has 2 aliphatic rings. The monoisotopic (exact) mass is 291 g/mol. The van der Waals surface area contributed by atoms with Crippen LogP contribution in [0.5, 0.6) is 0 Å². The second-order valence-corrected chi connectivity index (χ2v) is 5.20. The summed E-state index contributed by atoms with van der Waals surface area (Å²) in [5, 5.41) is 6.04. The van der Waals surface area contributed by atoms with Gasteiger partial charge in [-0.05, 0) is 24.3 Å². The first kappa shape index (κ1) is 14.3. The molecule has 0 saturated carbocycles. The molecule has 3 rings (SSSR count). The molecule has 1 aromatic rings. The lowest BCUT2D eigenvalue weighted by molar-refractivity contribution is -0.128. The van der Waals surface area contributed by atoms with E-state index in [1.807, 2.05) is 24.3 Å². The SMILES string of the molecule is O=C(Nc1ccc(N2CCOCC2)cc1)C1CNCCO1. The number of nitrogens with zero attached hydrogens (tertiary/aromatic N) is 1. The molecule has 21 heavy (non-hydrogen) atoms. The summed E-state index contributed by atoms with van der Waals surface area (Å²) in [6.07, 6.45) is -0.405. The van der Waals surface area contributed by atoms with Gasteiger partial charge < -0.3 is 25.0 Å². The molecule has 0 bridgehead atoms. The van der Waals surface area contributed by atoms with E-state index in [9.17, 15) is 4.79 Å². The van der Waals surface area contributed by atoms with Gasteiger partial charge in [0.05, 0.1) is 19.8 Å². The fourth-order valence-electron chi connectivity index (χ4n) is 2.53. The Morgan fingerprint density at radius 2 is 1.95 bits per heavy atom. The van der Waals surface area contributed by atoms with Crippen molar-refractivity contribution < 1.29 is 14.3 Å². The van der Waals surface area contributed by atoms with Crippen molar-refractivity contribution in [2.24, 2.45) is 0 Å². The average Bonchev–Trinajstić information content (AvgIpc) is 2.57. The van der Waals surface area contributed by atoms with E-state index in [2.05, 4.69) is 15.5 Å². The van der Waals surface area contributed by atoms with Gasteiger partial charge in [0, 0.05) is 37.6 Å². The Balaban J connectivity index is 1.57. The number of hydrogen-bond acceptors (Lipinski definition) is 5. The summed E-state index contributed by atoms with van der Waals surface area (Å²) < 4.78 is 10.8.